The molecule has 238 valence electrons. The van der Waals surface area contributed by atoms with Gasteiger partial charge in [0.2, 0.25) is 5.91 Å². The Kier molecular flexibility index (Phi) is 11.7. The summed E-state index contributed by atoms with van der Waals surface area (Å²) in [5, 5.41) is 18.3. The second-order valence-corrected chi connectivity index (χ2v) is 9.90. The minimum absolute atomic E-state index is 0.0114. The van der Waals surface area contributed by atoms with Crippen molar-refractivity contribution >= 4 is 29.8 Å². The highest BCUT2D eigenvalue weighted by atomic mass is 19.1. The molecule has 3 unspecified atom stereocenters. The van der Waals surface area contributed by atoms with Gasteiger partial charge in [0.15, 0.2) is 0 Å². The van der Waals surface area contributed by atoms with E-state index in [1.54, 1.807) is 30.5 Å². The molecule has 1 aromatic heterocycles. The van der Waals surface area contributed by atoms with Gasteiger partial charge in [-0.25, -0.2) is 23.4 Å². The summed E-state index contributed by atoms with van der Waals surface area (Å²) in [5.41, 5.74) is -0.164. The van der Waals surface area contributed by atoms with E-state index in [-0.39, 0.29) is 19.2 Å². The molecule has 4 N–H and O–H groups in total. The molecule has 0 radical (unpaired) electrons. The monoisotopic (exact) mass is 627 g/mol. The number of aromatic nitrogens is 1. The van der Waals surface area contributed by atoms with E-state index >= 15 is 0 Å². The molecule has 0 saturated carbocycles. The van der Waals surface area contributed by atoms with Crippen LogP contribution in [0.25, 0.3) is 0 Å². The Hall–Kier alpha value is -5.15. The van der Waals surface area contributed by atoms with Crippen LogP contribution < -0.4 is 16.0 Å². The van der Waals surface area contributed by atoms with Crippen LogP contribution in [0, 0.1) is 11.6 Å². The van der Waals surface area contributed by atoms with Crippen LogP contribution in [0.1, 0.15) is 22.3 Å². The number of aliphatic carboxylic acids is 1. The van der Waals surface area contributed by atoms with Crippen molar-refractivity contribution < 1.29 is 47.4 Å². The van der Waals surface area contributed by atoms with Gasteiger partial charge in [-0.2, -0.15) is 0 Å². The molecular weight excluding hydrogens is 596 g/mol. The molecule has 13 nitrogen and oxygen atoms in total. The first-order chi connectivity index (χ1) is 21.7. The number of benzene rings is 2. The Morgan fingerprint density at radius 1 is 1.00 bits per heavy atom. The number of nitrogens with zero attached hydrogens (tertiary/aromatic N) is 2. The van der Waals surface area contributed by atoms with Gasteiger partial charge in [-0.3, -0.25) is 9.59 Å². The Bertz CT molecular complexity index is 1450. The second-order valence-electron chi connectivity index (χ2n) is 9.90. The molecular formula is C30H31F2N5O8. The van der Waals surface area contributed by atoms with Crippen LogP contribution in [-0.2, 0) is 30.5 Å². The van der Waals surface area contributed by atoms with Crippen LogP contribution in [0.2, 0.25) is 0 Å². The number of rotatable bonds is 14. The van der Waals surface area contributed by atoms with Gasteiger partial charge in [0.05, 0.1) is 18.7 Å². The molecule has 0 spiro atoms. The average molecular weight is 628 g/mol. The van der Waals surface area contributed by atoms with E-state index in [0.717, 1.165) is 23.8 Å². The number of nitrogens with one attached hydrogen (secondary N) is 3. The molecule has 1 fully saturated rings. The molecule has 2 amide bonds. The first-order valence-electron chi connectivity index (χ1n) is 13.9. The highest BCUT2D eigenvalue weighted by Crippen LogP contribution is 2.22. The molecule has 1 aliphatic rings. The summed E-state index contributed by atoms with van der Waals surface area (Å²) < 4.78 is 38.7. The Balaban J connectivity index is 1.28. The van der Waals surface area contributed by atoms with Gasteiger partial charge in [0.25, 0.3) is 5.91 Å². The van der Waals surface area contributed by atoms with Gasteiger partial charge in [-0.05, 0) is 36.2 Å². The van der Waals surface area contributed by atoms with Gasteiger partial charge >= 0.3 is 12.1 Å². The van der Waals surface area contributed by atoms with E-state index in [0.29, 0.717) is 18.8 Å². The summed E-state index contributed by atoms with van der Waals surface area (Å²) in [7, 11) is 0. The zero-order chi connectivity index (χ0) is 32.2. The molecule has 0 aliphatic carbocycles. The number of carbonyl (C=O) groups excluding carboxylic acids is 3. The average Bonchev–Trinajstić information content (AvgIpc) is 3.41. The SMILES string of the molecule is O=C(COC1CC(CNc2ccccn2)N(OC(=O)OCc2ccccc2)C1)NCC(NC(=O)c1c(F)cccc1F)C(=O)O. The number of pyridine rings is 1. The second kappa shape index (κ2) is 16.1. The number of hydrogen-bond donors (Lipinski definition) is 4. The first-order valence-corrected chi connectivity index (χ1v) is 13.9. The smallest absolute Gasteiger partial charge is 0.480 e. The topological polar surface area (TPSA) is 168 Å². The summed E-state index contributed by atoms with van der Waals surface area (Å²) in [5.74, 6) is -5.26. The maximum absolute atomic E-state index is 13.9. The van der Waals surface area contributed by atoms with Crippen LogP contribution in [0.5, 0.6) is 0 Å². The fourth-order valence-corrected chi connectivity index (χ4v) is 4.40. The zero-order valence-electron chi connectivity index (χ0n) is 23.9. The number of hydrogen-bond acceptors (Lipinski definition) is 10. The highest BCUT2D eigenvalue weighted by molar-refractivity contribution is 5.97. The normalized spacial score (nSPS) is 16.8. The lowest BCUT2D eigenvalue weighted by atomic mass is 10.1. The van der Waals surface area contributed by atoms with E-state index in [9.17, 15) is 33.1 Å². The molecule has 15 heteroatoms. The minimum Gasteiger partial charge on any atom is -0.480 e. The lowest BCUT2D eigenvalue weighted by Crippen LogP contribution is -2.49. The predicted molar refractivity (Wildman–Crippen MR) is 154 cm³/mol. The summed E-state index contributed by atoms with van der Waals surface area (Å²) in [6, 6.07) is 15.1. The molecule has 1 aliphatic heterocycles. The van der Waals surface area contributed by atoms with Gasteiger partial charge in [-0.15, -0.1) is 5.06 Å². The molecule has 4 rings (SSSR count). The first kappa shape index (κ1) is 32.8. The number of ether oxygens (including phenoxy) is 2. The van der Waals surface area contributed by atoms with Crippen molar-refractivity contribution in [2.75, 3.05) is 31.6 Å². The van der Waals surface area contributed by atoms with Crippen molar-refractivity contribution in [2.24, 2.45) is 0 Å². The van der Waals surface area contributed by atoms with Crippen molar-refractivity contribution in [3.8, 4) is 0 Å². The van der Waals surface area contributed by atoms with E-state index in [1.165, 1.54) is 5.06 Å². The lowest BCUT2D eigenvalue weighted by molar-refractivity contribution is -0.143. The molecule has 2 aromatic carbocycles. The molecule has 3 aromatic rings. The van der Waals surface area contributed by atoms with E-state index in [1.807, 2.05) is 29.6 Å². The van der Waals surface area contributed by atoms with Crippen molar-refractivity contribution in [1.29, 1.82) is 0 Å². The van der Waals surface area contributed by atoms with Crippen molar-refractivity contribution in [1.82, 2.24) is 20.7 Å². The molecule has 45 heavy (non-hydrogen) atoms. The van der Waals surface area contributed by atoms with Gasteiger partial charge in [-0.1, -0.05) is 42.5 Å². The molecule has 2 heterocycles. The fraction of sp³-hybridized carbons (Fsp3) is 0.300. The summed E-state index contributed by atoms with van der Waals surface area (Å²) in [6.45, 7) is -0.637. The van der Waals surface area contributed by atoms with Crippen LogP contribution in [0.4, 0.5) is 19.4 Å². The quantitative estimate of drug-likeness (QED) is 0.194. The van der Waals surface area contributed by atoms with Crippen LogP contribution in [-0.4, -0.2) is 83.5 Å². The summed E-state index contributed by atoms with van der Waals surface area (Å²) in [6.07, 6.45) is 0.487. The third-order valence-electron chi connectivity index (χ3n) is 6.65. The van der Waals surface area contributed by atoms with Crippen molar-refractivity contribution in [3.63, 3.8) is 0 Å². The zero-order valence-corrected chi connectivity index (χ0v) is 23.9. The standard InChI is InChI=1S/C30H31F2N5O8/c31-22-9-6-10-23(32)27(22)28(39)36-24(29(40)41)15-35-26(38)18-43-21-13-20(14-34-25-11-4-5-12-33-25)37(16-21)45-30(42)44-17-19-7-2-1-3-8-19/h1-12,20-21,24H,13-18H2,(H,33,34)(H,35,38)(H,36,39)(H,40,41). The Morgan fingerprint density at radius 2 is 1.73 bits per heavy atom. The third-order valence-corrected chi connectivity index (χ3v) is 6.65. The Morgan fingerprint density at radius 3 is 2.42 bits per heavy atom. The molecule has 3 atom stereocenters. The molecule has 1 saturated heterocycles. The number of carbonyl (C=O) groups is 4. The van der Waals surface area contributed by atoms with Gasteiger partial charge in [0, 0.05) is 19.3 Å². The van der Waals surface area contributed by atoms with Crippen molar-refractivity contribution in [3.05, 3.63) is 95.7 Å². The van der Waals surface area contributed by atoms with Crippen LogP contribution in [0.3, 0.4) is 0 Å². The fourth-order valence-electron chi connectivity index (χ4n) is 4.40. The minimum atomic E-state index is -1.68. The van der Waals surface area contributed by atoms with E-state index in [2.05, 4.69) is 15.6 Å². The largest absolute Gasteiger partial charge is 0.528 e. The summed E-state index contributed by atoms with van der Waals surface area (Å²) >= 11 is 0. The predicted octanol–water partition coefficient (Wildman–Crippen LogP) is 2.50. The van der Waals surface area contributed by atoms with Gasteiger partial charge < -0.3 is 35.4 Å². The van der Waals surface area contributed by atoms with Crippen LogP contribution >= 0.6 is 0 Å². The van der Waals surface area contributed by atoms with Crippen molar-refractivity contribution in [2.45, 2.75) is 31.2 Å². The summed E-state index contributed by atoms with van der Waals surface area (Å²) in [4.78, 5) is 58.4. The van der Waals surface area contributed by atoms with Gasteiger partial charge in [0.1, 0.15) is 42.3 Å². The number of amides is 2. The number of carboxylic acids is 1. The maximum atomic E-state index is 13.9. The maximum Gasteiger partial charge on any atom is 0.528 e. The van der Waals surface area contributed by atoms with E-state index in [4.69, 9.17) is 14.3 Å². The van der Waals surface area contributed by atoms with Crippen LogP contribution in [0.15, 0.2) is 72.9 Å². The number of halogens is 2. The third kappa shape index (κ3) is 9.94. The highest BCUT2D eigenvalue weighted by Gasteiger charge is 2.36. The number of anilines is 1. The molecule has 0 bridgehead atoms. The number of hydroxylamine groups is 2. The number of carboxylic acid groups (broad SMARTS) is 1. The lowest BCUT2D eigenvalue weighted by Gasteiger charge is -2.22. The Labute approximate surface area is 256 Å². The van der Waals surface area contributed by atoms with E-state index < -0.39 is 66.4 Å².